The molecule has 0 aliphatic rings. The van der Waals surface area contributed by atoms with Crippen molar-refractivity contribution in [3.63, 3.8) is 0 Å². The molecule has 0 heterocycles. The van der Waals surface area contributed by atoms with Gasteiger partial charge < -0.3 is 15.4 Å². The summed E-state index contributed by atoms with van der Waals surface area (Å²) in [5.74, 6) is -1.51. The number of carbonyl (C=O) groups excluding carboxylic acids is 3. The molecule has 126 valence electrons. The number of ether oxygens (including phenoxy) is 1. The Labute approximate surface area is 140 Å². The van der Waals surface area contributed by atoms with Crippen molar-refractivity contribution in [3.8, 4) is 0 Å². The van der Waals surface area contributed by atoms with E-state index < -0.39 is 36.0 Å². The predicted octanol–water partition coefficient (Wildman–Crippen LogP) is 1.92. The van der Waals surface area contributed by atoms with Crippen LogP contribution in [0.15, 0.2) is 24.3 Å². The van der Waals surface area contributed by atoms with Crippen LogP contribution < -0.4 is 10.6 Å². The van der Waals surface area contributed by atoms with E-state index in [0.29, 0.717) is 10.6 Å². The van der Waals surface area contributed by atoms with Gasteiger partial charge in [0, 0.05) is 16.1 Å². The van der Waals surface area contributed by atoms with Crippen molar-refractivity contribution < 1.29 is 19.1 Å². The minimum Gasteiger partial charge on any atom is -0.454 e. The molecule has 23 heavy (non-hydrogen) atoms. The minimum absolute atomic E-state index is 0.375. The van der Waals surface area contributed by atoms with Crippen molar-refractivity contribution >= 4 is 29.4 Å². The maximum absolute atomic E-state index is 12.0. The van der Waals surface area contributed by atoms with Crippen molar-refractivity contribution in [3.05, 3.63) is 34.9 Å². The SMILES string of the molecule is C[C@@H](NC(=O)c1ccc(Cl)cc1)C(=O)OCC(=O)NC(C)(C)C. The first-order chi connectivity index (χ1) is 10.6. The first-order valence-corrected chi connectivity index (χ1v) is 7.50. The van der Waals surface area contributed by atoms with Gasteiger partial charge in [0.2, 0.25) is 0 Å². The molecule has 1 aromatic carbocycles. The van der Waals surface area contributed by atoms with Crippen molar-refractivity contribution in [2.45, 2.75) is 39.3 Å². The number of hydrogen-bond donors (Lipinski definition) is 2. The minimum atomic E-state index is -0.874. The van der Waals surface area contributed by atoms with Crippen LogP contribution in [0.2, 0.25) is 5.02 Å². The number of nitrogens with one attached hydrogen (secondary N) is 2. The molecule has 0 fully saturated rings. The van der Waals surface area contributed by atoms with Crippen molar-refractivity contribution in [2.75, 3.05) is 6.61 Å². The average Bonchev–Trinajstić information content (AvgIpc) is 2.43. The molecular weight excluding hydrogens is 320 g/mol. The van der Waals surface area contributed by atoms with E-state index in [4.69, 9.17) is 16.3 Å². The Bertz CT molecular complexity index is 579. The zero-order valence-electron chi connectivity index (χ0n) is 13.6. The third kappa shape index (κ3) is 7.15. The lowest BCUT2D eigenvalue weighted by atomic mass is 10.1. The lowest BCUT2D eigenvalue weighted by molar-refractivity contribution is -0.150. The summed E-state index contributed by atoms with van der Waals surface area (Å²) in [6.45, 7) is 6.56. The van der Waals surface area contributed by atoms with Gasteiger partial charge >= 0.3 is 5.97 Å². The number of rotatable bonds is 5. The molecule has 7 heteroatoms. The Morgan fingerprint density at radius 3 is 2.26 bits per heavy atom. The molecule has 0 aliphatic heterocycles. The van der Waals surface area contributed by atoms with Gasteiger partial charge in [-0.25, -0.2) is 4.79 Å². The normalized spacial score (nSPS) is 12.2. The van der Waals surface area contributed by atoms with Crippen molar-refractivity contribution in [1.82, 2.24) is 10.6 Å². The van der Waals surface area contributed by atoms with Gasteiger partial charge in [-0.15, -0.1) is 0 Å². The highest BCUT2D eigenvalue weighted by atomic mass is 35.5. The smallest absolute Gasteiger partial charge is 0.328 e. The number of carbonyl (C=O) groups is 3. The number of benzene rings is 1. The van der Waals surface area contributed by atoms with Crippen LogP contribution in [-0.2, 0) is 14.3 Å². The molecule has 0 saturated carbocycles. The van der Waals surface area contributed by atoms with Gasteiger partial charge in [-0.2, -0.15) is 0 Å². The molecule has 0 radical (unpaired) electrons. The van der Waals surface area contributed by atoms with Gasteiger partial charge in [-0.1, -0.05) is 11.6 Å². The summed E-state index contributed by atoms with van der Waals surface area (Å²) >= 11 is 5.75. The fourth-order valence-corrected chi connectivity index (χ4v) is 1.78. The molecule has 6 nitrogen and oxygen atoms in total. The van der Waals surface area contributed by atoms with E-state index in [9.17, 15) is 14.4 Å². The Kier molecular flexibility index (Phi) is 6.57. The molecule has 0 bridgehead atoms. The molecule has 0 unspecified atom stereocenters. The van der Waals surface area contributed by atoms with Gasteiger partial charge in [-0.05, 0) is 52.0 Å². The zero-order valence-corrected chi connectivity index (χ0v) is 14.4. The van der Waals surface area contributed by atoms with Crippen LogP contribution in [0, 0.1) is 0 Å². The fraction of sp³-hybridized carbons (Fsp3) is 0.438. The second-order valence-corrected chi connectivity index (χ2v) is 6.54. The molecule has 1 atom stereocenters. The van der Waals surface area contributed by atoms with Crippen LogP contribution in [0.25, 0.3) is 0 Å². The number of hydrogen-bond acceptors (Lipinski definition) is 4. The van der Waals surface area contributed by atoms with E-state index in [1.165, 1.54) is 6.92 Å². The average molecular weight is 341 g/mol. The Balaban J connectivity index is 2.46. The highest BCUT2D eigenvalue weighted by molar-refractivity contribution is 6.30. The first-order valence-electron chi connectivity index (χ1n) is 7.12. The second-order valence-electron chi connectivity index (χ2n) is 6.11. The van der Waals surface area contributed by atoms with Gasteiger partial charge in [0.1, 0.15) is 6.04 Å². The summed E-state index contributed by atoms with van der Waals surface area (Å²) in [4.78, 5) is 35.3. The molecule has 0 aromatic heterocycles. The summed E-state index contributed by atoms with van der Waals surface area (Å²) in [5, 5.41) is 5.68. The van der Waals surface area contributed by atoms with E-state index >= 15 is 0 Å². The largest absolute Gasteiger partial charge is 0.454 e. The molecule has 1 aromatic rings. The van der Waals surface area contributed by atoms with E-state index in [-0.39, 0.29) is 0 Å². The predicted molar refractivity (Wildman–Crippen MR) is 87.2 cm³/mol. The summed E-state index contributed by atoms with van der Waals surface area (Å²) in [5.41, 5.74) is -0.0303. The molecule has 1 rings (SSSR count). The second kappa shape index (κ2) is 7.97. The maximum Gasteiger partial charge on any atom is 0.328 e. The first kappa shape index (κ1) is 19.0. The Morgan fingerprint density at radius 2 is 1.74 bits per heavy atom. The van der Waals surface area contributed by atoms with Crippen LogP contribution in [0.3, 0.4) is 0 Å². The summed E-state index contributed by atoms with van der Waals surface area (Å²) < 4.78 is 4.88. The standard InChI is InChI=1S/C16H21ClN2O4/c1-10(15(22)23-9-13(20)19-16(2,3)4)18-14(21)11-5-7-12(17)8-6-11/h5-8,10H,9H2,1-4H3,(H,18,21)(H,19,20)/t10-/m1/s1. The van der Waals surface area contributed by atoms with Crippen LogP contribution in [-0.4, -0.2) is 36.0 Å². The van der Waals surface area contributed by atoms with Crippen molar-refractivity contribution in [2.24, 2.45) is 0 Å². The number of amides is 2. The quantitative estimate of drug-likeness (QED) is 0.802. The monoisotopic (exact) mass is 340 g/mol. The summed E-state index contributed by atoms with van der Waals surface area (Å²) in [7, 11) is 0. The Morgan fingerprint density at radius 1 is 1.17 bits per heavy atom. The zero-order chi connectivity index (χ0) is 17.6. The molecule has 0 saturated heterocycles. The third-order valence-corrected chi connectivity index (χ3v) is 2.92. The topological polar surface area (TPSA) is 84.5 Å². The van der Waals surface area contributed by atoms with E-state index in [0.717, 1.165) is 0 Å². The molecule has 2 N–H and O–H groups in total. The van der Waals surface area contributed by atoms with Crippen molar-refractivity contribution in [1.29, 1.82) is 0 Å². The summed E-state index contributed by atoms with van der Waals surface area (Å²) in [6, 6.07) is 5.38. The molecular formula is C16H21ClN2O4. The van der Waals surface area contributed by atoms with Crippen LogP contribution in [0.4, 0.5) is 0 Å². The molecule has 0 spiro atoms. The Hall–Kier alpha value is -2.08. The molecule has 0 aliphatic carbocycles. The van der Waals surface area contributed by atoms with Gasteiger partial charge in [-0.3, -0.25) is 9.59 Å². The highest BCUT2D eigenvalue weighted by Gasteiger charge is 2.20. The number of esters is 1. The third-order valence-electron chi connectivity index (χ3n) is 2.67. The fourth-order valence-electron chi connectivity index (χ4n) is 1.66. The van der Waals surface area contributed by atoms with Gasteiger partial charge in [0.15, 0.2) is 6.61 Å². The lowest BCUT2D eigenvalue weighted by Gasteiger charge is -2.20. The maximum atomic E-state index is 12.0. The lowest BCUT2D eigenvalue weighted by Crippen LogP contribution is -2.44. The van der Waals surface area contributed by atoms with Gasteiger partial charge in [0.05, 0.1) is 0 Å². The van der Waals surface area contributed by atoms with E-state index in [1.54, 1.807) is 24.3 Å². The van der Waals surface area contributed by atoms with E-state index in [1.807, 2.05) is 20.8 Å². The molecule has 2 amide bonds. The van der Waals surface area contributed by atoms with E-state index in [2.05, 4.69) is 10.6 Å². The number of halogens is 1. The van der Waals surface area contributed by atoms with Crippen LogP contribution in [0.5, 0.6) is 0 Å². The van der Waals surface area contributed by atoms with Gasteiger partial charge in [0.25, 0.3) is 11.8 Å². The van der Waals surface area contributed by atoms with Crippen LogP contribution in [0.1, 0.15) is 38.1 Å². The highest BCUT2D eigenvalue weighted by Crippen LogP contribution is 2.09. The summed E-state index contributed by atoms with van der Waals surface area (Å²) in [6.07, 6.45) is 0. The van der Waals surface area contributed by atoms with Crippen LogP contribution >= 0.6 is 11.6 Å².